The van der Waals surface area contributed by atoms with Gasteiger partial charge >= 0.3 is 0 Å². The van der Waals surface area contributed by atoms with Crippen LogP contribution in [0.15, 0.2) is 12.1 Å². The predicted octanol–water partition coefficient (Wildman–Crippen LogP) is 2.49. The van der Waals surface area contributed by atoms with Gasteiger partial charge in [-0.05, 0) is 69.0 Å². The summed E-state index contributed by atoms with van der Waals surface area (Å²) in [6, 6.07) is 3.45. The van der Waals surface area contributed by atoms with Gasteiger partial charge in [0.05, 0.1) is 22.2 Å². The maximum absolute atomic E-state index is 14.6. The molecule has 0 aromatic heterocycles. The molecule has 8 rings (SSSR count). The molecule has 0 radical (unpaired) electrons. The second-order valence-electron chi connectivity index (χ2n) is 12.6. The summed E-state index contributed by atoms with van der Waals surface area (Å²) >= 11 is 0. The van der Waals surface area contributed by atoms with E-state index < -0.39 is 27.4 Å². The van der Waals surface area contributed by atoms with Gasteiger partial charge in [0.1, 0.15) is 11.3 Å². The van der Waals surface area contributed by atoms with Crippen LogP contribution in [0.5, 0.6) is 5.75 Å². The van der Waals surface area contributed by atoms with Gasteiger partial charge in [0.25, 0.3) is 0 Å². The molecule has 4 saturated heterocycles. The van der Waals surface area contributed by atoms with Crippen LogP contribution < -0.4 is 10.2 Å². The van der Waals surface area contributed by atoms with Crippen LogP contribution in [0, 0.1) is 11.3 Å². The second kappa shape index (κ2) is 5.29. The van der Waals surface area contributed by atoms with Gasteiger partial charge in [0.2, 0.25) is 11.8 Å². The third-order valence-electron chi connectivity index (χ3n) is 10.5. The molecule has 1 aromatic carbocycles. The fraction of sp³-hybridized carbons (Fsp3) is 0.654. The number of benzene rings is 1. The van der Waals surface area contributed by atoms with Crippen molar-refractivity contribution in [3.8, 4) is 5.75 Å². The molecule has 3 spiro atoms. The number of carbonyl (C=O) groups is 3. The first kappa shape index (κ1) is 20.0. The van der Waals surface area contributed by atoms with Crippen molar-refractivity contribution in [1.29, 1.82) is 0 Å². The maximum Gasteiger partial charge on any atom is 0.241 e. The van der Waals surface area contributed by atoms with E-state index in [4.69, 9.17) is 0 Å². The van der Waals surface area contributed by atoms with Crippen molar-refractivity contribution in [2.75, 3.05) is 18.0 Å². The Morgan fingerprint density at radius 1 is 1.12 bits per heavy atom. The van der Waals surface area contributed by atoms with E-state index in [1.54, 1.807) is 6.07 Å². The number of rotatable bonds is 0. The van der Waals surface area contributed by atoms with E-state index in [1.807, 2.05) is 24.8 Å². The summed E-state index contributed by atoms with van der Waals surface area (Å²) in [6.45, 7) is 9.98. The molecule has 1 saturated carbocycles. The van der Waals surface area contributed by atoms with E-state index in [0.29, 0.717) is 12.1 Å². The van der Waals surface area contributed by atoms with Crippen LogP contribution in [-0.4, -0.2) is 57.3 Å². The number of nitrogens with one attached hydrogen (secondary N) is 1. The minimum Gasteiger partial charge on any atom is -0.507 e. The van der Waals surface area contributed by atoms with Crippen molar-refractivity contribution < 1.29 is 19.5 Å². The molecule has 1 aromatic rings. The number of hydrogen-bond donors (Lipinski definition) is 2. The SMILES string of the molecule is CC1(C)CC(=O)c2c(O)ccc3c2N1C(=O)[C@]31C[C@@]23CN4CCC[C@]4(C[C@@H]2C1(C)C)C(=O)N3. The average Bonchev–Trinajstić information content (AvgIpc) is 3.30. The Hall–Kier alpha value is -2.41. The first-order valence-corrected chi connectivity index (χ1v) is 12.2. The molecule has 1 aliphatic carbocycles. The number of piperazine rings is 1. The van der Waals surface area contributed by atoms with Crippen LogP contribution >= 0.6 is 0 Å². The Labute approximate surface area is 193 Å². The number of Topliss-reactive ketones (excluding diaryl/α,β-unsaturated/α-hetero) is 1. The normalized spacial score (nSPS) is 41.4. The first-order chi connectivity index (χ1) is 15.4. The topological polar surface area (TPSA) is 90.0 Å². The van der Waals surface area contributed by atoms with Gasteiger partial charge in [-0.1, -0.05) is 19.9 Å². The number of phenols is 1. The van der Waals surface area contributed by atoms with Crippen LogP contribution in [0.1, 0.15) is 75.7 Å². The van der Waals surface area contributed by atoms with E-state index in [0.717, 1.165) is 37.9 Å². The van der Waals surface area contributed by atoms with Gasteiger partial charge in [0.15, 0.2) is 5.78 Å². The summed E-state index contributed by atoms with van der Waals surface area (Å²) in [5.74, 6) is 0.139. The molecule has 2 bridgehead atoms. The fourth-order valence-electron chi connectivity index (χ4n) is 9.14. The van der Waals surface area contributed by atoms with Crippen molar-refractivity contribution >= 4 is 23.3 Å². The molecule has 4 atom stereocenters. The average molecular weight is 450 g/mol. The molecule has 7 aliphatic rings. The molecule has 6 heterocycles. The number of ketones is 1. The van der Waals surface area contributed by atoms with Crippen LogP contribution in [0.4, 0.5) is 5.69 Å². The highest BCUT2D eigenvalue weighted by Crippen LogP contribution is 2.71. The summed E-state index contributed by atoms with van der Waals surface area (Å²) in [5, 5.41) is 14.1. The molecule has 2 N–H and O–H groups in total. The third-order valence-corrected chi connectivity index (χ3v) is 10.5. The molecular formula is C26H31N3O4. The van der Waals surface area contributed by atoms with Crippen LogP contribution in [0.3, 0.4) is 0 Å². The molecule has 7 heteroatoms. The molecule has 5 fully saturated rings. The summed E-state index contributed by atoms with van der Waals surface area (Å²) < 4.78 is 0. The monoisotopic (exact) mass is 449 g/mol. The van der Waals surface area contributed by atoms with Gasteiger partial charge < -0.3 is 15.3 Å². The predicted molar refractivity (Wildman–Crippen MR) is 121 cm³/mol. The quantitative estimate of drug-likeness (QED) is 0.635. The van der Waals surface area contributed by atoms with Gasteiger partial charge in [0, 0.05) is 18.5 Å². The third kappa shape index (κ3) is 1.84. The lowest BCUT2D eigenvalue weighted by Crippen LogP contribution is -2.78. The van der Waals surface area contributed by atoms with Crippen molar-refractivity contribution in [3.63, 3.8) is 0 Å². The Balaban J connectivity index is 1.49. The van der Waals surface area contributed by atoms with Gasteiger partial charge in [-0.3, -0.25) is 19.3 Å². The van der Waals surface area contributed by atoms with Crippen molar-refractivity contribution in [3.05, 3.63) is 23.3 Å². The zero-order valence-corrected chi connectivity index (χ0v) is 19.7. The summed E-state index contributed by atoms with van der Waals surface area (Å²) in [7, 11) is 0. The lowest BCUT2D eigenvalue weighted by Gasteiger charge is -2.60. The van der Waals surface area contributed by atoms with Crippen molar-refractivity contribution in [2.24, 2.45) is 11.3 Å². The number of anilines is 1. The van der Waals surface area contributed by atoms with E-state index in [1.165, 1.54) is 0 Å². The molecule has 6 aliphatic heterocycles. The maximum atomic E-state index is 14.6. The molecule has 0 unspecified atom stereocenters. The number of piperidine rings is 2. The van der Waals surface area contributed by atoms with E-state index in [-0.39, 0.29) is 41.2 Å². The Kier molecular flexibility index (Phi) is 3.21. The van der Waals surface area contributed by atoms with Crippen LogP contribution in [0.2, 0.25) is 0 Å². The Bertz CT molecular complexity index is 1200. The highest BCUT2D eigenvalue weighted by Gasteiger charge is 2.79. The highest BCUT2D eigenvalue weighted by atomic mass is 16.3. The second-order valence-corrected chi connectivity index (χ2v) is 12.6. The Morgan fingerprint density at radius 2 is 1.88 bits per heavy atom. The van der Waals surface area contributed by atoms with Crippen LogP contribution in [-0.2, 0) is 15.0 Å². The highest BCUT2D eigenvalue weighted by molar-refractivity contribution is 6.19. The number of phenolic OH excluding ortho intramolecular Hbond substituents is 1. The van der Waals surface area contributed by atoms with E-state index in [9.17, 15) is 19.5 Å². The van der Waals surface area contributed by atoms with Crippen LogP contribution in [0.25, 0.3) is 0 Å². The molecule has 2 amide bonds. The summed E-state index contributed by atoms with van der Waals surface area (Å²) in [4.78, 5) is 45.3. The fourth-order valence-corrected chi connectivity index (χ4v) is 9.14. The zero-order valence-electron chi connectivity index (χ0n) is 19.7. The standard InChI is InChI=1S/C26H31N3O4/c1-22(2)10-16(31)18-15(30)7-6-14-19(18)29(22)21(33)26(14)12-24-13-28-9-5-8-25(28,20(32)27-24)11-17(24)23(26,3)4/h6-7,17,30H,5,8-13H2,1-4H3,(H,27,32)/t17-,24-,25+,26+/m1/s1. The summed E-state index contributed by atoms with van der Waals surface area (Å²) in [5.41, 5.74) is -1.12. The molecule has 174 valence electrons. The van der Waals surface area contributed by atoms with Crippen molar-refractivity contribution in [1.82, 2.24) is 10.2 Å². The molecule has 33 heavy (non-hydrogen) atoms. The van der Waals surface area contributed by atoms with Gasteiger partial charge in [-0.2, -0.15) is 0 Å². The minimum absolute atomic E-state index is 0.0194. The zero-order chi connectivity index (χ0) is 23.3. The molecule has 7 nitrogen and oxygen atoms in total. The largest absolute Gasteiger partial charge is 0.507 e. The number of fused-ring (bicyclic) bond motifs is 2. The Morgan fingerprint density at radius 3 is 2.64 bits per heavy atom. The first-order valence-electron chi connectivity index (χ1n) is 12.2. The lowest BCUT2D eigenvalue weighted by molar-refractivity contribution is -0.156. The lowest BCUT2D eigenvalue weighted by atomic mass is 9.57. The molecular weight excluding hydrogens is 418 g/mol. The van der Waals surface area contributed by atoms with Gasteiger partial charge in [-0.15, -0.1) is 0 Å². The van der Waals surface area contributed by atoms with E-state index in [2.05, 4.69) is 24.1 Å². The van der Waals surface area contributed by atoms with Gasteiger partial charge in [-0.25, -0.2) is 0 Å². The number of aromatic hydroxyl groups is 1. The van der Waals surface area contributed by atoms with E-state index >= 15 is 0 Å². The summed E-state index contributed by atoms with van der Waals surface area (Å²) in [6.07, 6.45) is 3.42. The number of nitrogens with zero attached hydrogens (tertiary/aromatic N) is 2. The minimum atomic E-state index is -0.851. The number of amides is 2. The smallest absolute Gasteiger partial charge is 0.241 e. The number of hydrogen-bond acceptors (Lipinski definition) is 5. The van der Waals surface area contributed by atoms with Crippen molar-refractivity contribution in [2.45, 2.75) is 81.8 Å². The number of carbonyl (C=O) groups excluding carboxylic acids is 3.